The van der Waals surface area contributed by atoms with Crippen molar-refractivity contribution < 1.29 is 0 Å². The van der Waals surface area contributed by atoms with Gasteiger partial charge in [0.2, 0.25) is 0 Å². The van der Waals surface area contributed by atoms with Crippen LogP contribution in [0, 0.1) is 0 Å². The maximum atomic E-state index is 3.90. The average molecular weight is 281 g/mol. The molecule has 3 rings (SSSR count). The summed E-state index contributed by atoms with van der Waals surface area (Å²) in [4.78, 5) is 0. The van der Waals surface area contributed by atoms with E-state index in [4.69, 9.17) is 0 Å². The van der Waals surface area contributed by atoms with Crippen molar-refractivity contribution in [3.05, 3.63) is 48.0 Å². The number of benzene rings is 2. The molecule has 1 nitrogen and oxygen atoms in total. The van der Waals surface area contributed by atoms with E-state index in [0.29, 0.717) is 12.1 Å². The Morgan fingerprint density at radius 2 is 1.52 bits per heavy atom. The Balaban J connectivity index is 1.75. The summed E-state index contributed by atoms with van der Waals surface area (Å²) in [5, 5.41) is 6.64. The summed E-state index contributed by atoms with van der Waals surface area (Å²) >= 11 is 0. The quantitative estimate of drug-likeness (QED) is 0.771. The normalized spacial score (nSPS) is 19.1. The van der Waals surface area contributed by atoms with E-state index in [1.54, 1.807) is 0 Å². The highest BCUT2D eigenvalue weighted by Crippen LogP contribution is 2.26. The lowest BCUT2D eigenvalue weighted by Gasteiger charge is -2.26. The predicted molar refractivity (Wildman–Crippen MR) is 91.6 cm³/mol. The first kappa shape index (κ1) is 14.6. The van der Waals surface area contributed by atoms with Crippen LogP contribution in [0.25, 0.3) is 10.8 Å². The summed E-state index contributed by atoms with van der Waals surface area (Å²) in [5.41, 5.74) is 1.44. The first-order valence-electron chi connectivity index (χ1n) is 8.58. The second kappa shape index (κ2) is 7.09. The van der Waals surface area contributed by atoms with Crippen molar-refractivity contribution in [1.29, 1.82) is 0 Å². The van der Waals surface area contributed by atoms with Gasteiger partial charge in [0.15, 0.2) is 0 Å². The molecule has 1 aliphatic carbocycles. The van der Waals surface area contributed by atoms with E-state index in [-0.39, 0.29) is 0 Å². The zero-order valence-electron chi connectivity index (χ0n) is 13.1. The molecule has 112 valence electrons. The molecule has 1 N–H and O–H groups in total. The van der Waals surface area contributed by atoms with Crippen LogP contribution >= 0.6 is 0 Å². The van der Waals surface area contributed by atoms with Gasteiger partial charge in [-0.15, -0.1) is 0 Å². The van der Waals surface area contributed by atoms with E-state index < -0.39 is 0 Å². The third-order valence-electron chi connectivity index (χ3n) is 4.88. The molecule has 0 radical (unpaired) electrons. The summed E-state index contributed by atoms with van der Waals surface area (Å²) in [5.74, 6) is 0. The molecule has 0 aromatic heterocycles. The average Bonchev–Trinajstić information content (AvgIpc) is 2.49. The molecule has 0 bridgehead atoms. The maximum absolute atomic E-state index is 3.90. The molecule has 0 saturated heterocycles. The van der Waals surface area contributed by atoms with Crippen molar-refractivity contribution in [1.82, 2.24) is 5.32 Å². The van der Waals surface area contributed by atoms with Gasteiger partial charge in [-0.2, -0.15) is 0 Å². The molecule has 0 unspecified atom stereocenters. The SMILES string of the molecule is C[C@@H](NC1CCCCCCC1)c1cccc2ccccc12. The smallest absolute Gasteiger partial charge is 0.0300 e. The Bertz CT molecular complexity index is 562. The second-order valence-corrected chi connectivity index (χ2v) is 6.50. The van der Waals surface area contributed by atoms with Gasteiger partial charge in [-0.3, -0.25) is 0 Å². The van der Waals surface area contributed by atoms with Crippen LogP contribution in [-0.2, 0) is 0 Å². The molecule has 0 heterocycles. The third-order valence-corrected chi connectivity index (χ3v) is 4.88. The zero-order chi connectivity index (χ0) is 14.5. The van der Waals surface area contributed by atoms with Crippen LogP contribution in [0.5, 0.6) is 0 Å². The van der Waals surface area contributed by atoms with E-state index in [1.165, 1.54) is 61.3 Å². The highest BCUT2D eigenvalue weighted by molar-refractivity contribution is 5.86. The Hall–Kier alpha value is -1.34. The summed E-state index contributed by atoms with van der Waals surface area (Å²) in [6, 6.07) is 16.5. The van der Waals surface area contributed by atoms with Crippen molar-refractivity contribution in [3.63, 3.8) is 0 Å². The lowest BCUT2D eigenvalue weighted by molar-refractivity contribution is 0.363. The highest BCUT2D eigenvalue weighted by atomic mass is 14.9. The largest absolute Gasteiger partial charge is 0.307 e. The number of rotatable bonds is 3. The predicted octanol–water partition coefficient (Wildman–Crippen LogP) is 5.60. The summed E-state index contributed by atoms with van der Waals surface area (Å²) in [6.45, 7) is 2.32. The molecule has 1 fully saturated rings. The minimum absolute atomic E-state index is 0.431. The Morgan fingerprint density at radius 3 is 2.33 bits per heavy atom. The van der Waals surface area contributed by atoms with Crippen molar-refractivity contribution in [2.45, 2.75) is 64.0 Å². The molecule has 1 heteroatoms. The van der Waals surface area contributed by atoms with E-state index in [2.05, 4.69) is 54.7 Å². The van der Waals surface area contributed by atoms with Gasteiger partial charge in [-0.1, -0.05) is 74.6 Å². The maximum Gasteiger partial charge on any atom is 0.0300 e. The van der Waals surface area contributed by atoms with Crippen LogP contribution in [0.4, 0.5) is 0 Å². The van der Waals surface area contributed by atoms with Crippen molar-refractivity contribution >= 4 is 10.8 Å². The van der Waals surface area contributed by atoms with Crippen LogP contribution in [0.3, 0.4) is 0 Å². The Morgan fingerprint density at radius 1 is 0.857 bits per heavy atom. The fraction of sp³-hybridized carbons (Fsp3) is 0.500. The van der Waals surface area contributed by atoms with Crippen LogP contribution in [-0.4, -0.2) is 6.04 Å². The number of hydrogen-bond donors (Lipinski definition) is 1. The Kier molecular flexibility index (Phi) is 4.92. The van der Waals surface area contributed by atoms with Gasteiger partial charge in [-0.05, 0) is 36.1 Å². The van der Waals surface area contributed by atoms with Gasteiger partial charge in [0.1, 0.15) is 0 Å². The molecule has 1 saturated carbocycles. The van der Waals surface area contributed by atoms with E-state index in [9.17, 15) is 0 Å². The molecule has 0 amide bonds. The monoisotopic (exact) mass is 281 g/mol. The van der Waals surface area contributed by atoms with Crippen LogP contribution in [0.1, 0.15) is 63.5 Å². The third kappa shape index (κ3) is 3.65. The molecule has 21 heavy (non-hydrogen) atoms. The molecule has 0 aliphatic heterocycles. The van der Waals surface area contributed by atoms with E-state index in [1.807, 2.05) is 0 Å². The van der Waals surface area contributed by atoms with Gasteiger partial charge in [0.05, 0.1) is 0 Å². The number of fused-ring (bicyclic) bond motifs is 1. The summed E-state index contributed by atoms with van der Waals surface area (Å²) < 4.78 is 0. The van der Waals surface area contributed by atoms with Crippen LogP contribution in [0.15, 0.2) is 42.5 Å². The Labute approximate surface area is 128 Å². The van der Waals surface area contributed by atoms with Crippen molar-refractivity contribution in [2.75, 3.05) is 0 Å². The first-order valence-corrected chi connectivity index (χ1v) is 8.58. The standard InChI is InChI=1S/C20H27N/c1-16(21-18-12-5-3-2-4-6-13-18)19-15-9-11-17-10-7-8-14-20(17)19/h7-11,14-16,18,21H,2-6,12-13H2,1H3/t16-/m1/s1. The number of hydrogen-bond acceptors (Lipinski definition) is 1. The van der Waals surface area contributed by atoms with Gasteiger partial charge < -0.3 is 5.32 Å². The molecule has 1 aliphatic rings. The summed E-state index contributed by atoms with van der Waals surface area (Å²) in [7, 11) is 0. The fourth-order valence-electron chi connectivity index (χ4n) is 3.69. The van der Waals surface area contributed by atoms with Gasteiger partial charge in [-0.25, -0.2) is 0 Å². The van der Waals surface area contributed by atoms with Gasteiger partial charge in [0, 0.05) is 12.1 Å². The first-order chi connectivity index (χ1) is 10.3. The van der Waals surface area contributed by atoms with E-state index >= 15 is 0 Å². The minimum Gasteiger partial charge on any atom is -0.307 e. The van der Waals surface area contributed by atoms with E-state index in [0.717, 1.165) is 0 Å². The fourth-order valence-corrected chi connectivity index (χ4v) is 3.69. The lowest BCUT2D eigenvalue weighted by Crippen LogP contribution is -2.32. The second-order valence-electron chi connectivity index (χ2n) is 6.50. The number of nitrogens with one attached hydrogen (secondary N) is 1. The van der Waals surface area contributed by atoms with Crippen LogP contribution in [0.2, 0.25) is 0 Å². The molecular formula is C20H27N. The molecule has 2 aromatic rings. The molecule has 2 aromatic carbocycles. The molecule has 0 spiro atoms. The lowest BCUT2D eigenvalue weighted by atomic mass is 9.94. The van der Waals surface area contributed by atoms with Gasteiger partial charge in [0.25, 0.3) is 0 Å². The van der Waals surface area contributed by atoms with Crippen molar-refractivity contribution in [2.24, 2.45) is 0 Å². The molecular weight excluding hydrogens is 254 g/mol. The minimum atomic E-state index is 0.431. The van der Waals surface area contributed by atoms with Gasteiger partial charge >= 0.3 is 0 Å². The highest BCUT2D eigenvalue weighted by Gasteiger charge is 2.16. The molecule has 1 atom stereocenters. The zero-order valence-corrected chi connectivity index (χ0v) is 13.1. The van der Waals surface area contributed by atoms with Crippen LogP contribution < -0.4 is 5.32 Å². The van der Waals surface area contributed by atoms with Crippen molar-refractivity contribution in [3.8, 4) is 0 Å². The topological polar surface area (TPSA) is 12.0 Å². The summed E-state index contributed by atoms with van der Waals surface area (Å²) in [6.07, 6.45) is 9.73.